The normalized spacial score (nSPS) is 16.2. The SMILES string of the molecule is CC(=O)c1cccc(N2CCCC(=O)C2=O)c1. The molecule has 1 aromatic rings. The molecule has 0 N–H and O–H groups in total. The van der Waals surface area contributed by atoms with Gasteiger partial charge in [0.05, 0.1) is 0 Å². The number of hydrogen-bond acceptors (Lipinski definition) is 3. The average Bonchev–Trinajstić information content (AvgIpc) is 2.33. The first-order valence-electron chi connectivity index (χ1n) is 5.55. The van der Waals surface area contributed by atoms with Gasteiger partial charge in [0, 0.05) is 24.2 Å². The zero-order valence-corrected chi connectivity index (χ0v) is 9.60. The highest BCUT2D eigenvalue weighted by molar-refractivity contribution is 6.41. The largest absolute Gasteiger partial charge is 0.306 e. The summed E-state index contributed by atoms with van der Waals surface area (Å²) in [5, 5.41) is 0. The van der Waals surface area contributed by atoms with Crippen LogP contribution in [-0.2, 0) is 9.59 Å². The number of hydrogen-bond donors (Lipinski definition) is 0. The van der Waals surface area contributed by atoms with Gasteiger partial charge in [-0.3, -0.25) is 14.4 Å². The number of Topliss-reactive ketones (excluding diaryl/α,β-unsaturated/α-hetero) is 2. The second-order valence-corrected chi connectivity index (χ2v) is 4.09. The Morgan fingerprint density at radius 2 is 2.06 bits per heavy atom. The second-order valence-electron chi connectivity index (χ2n) is 4.09. The van der Waals surface area contributed by atoms with Gasteiger partial charge in [0.25, 0.3) is 5.91 Å². The molecule has 0 radical (unpaired) electrons. The molecule has 4 heteroatoms. The summed E-state index contributed by atoms with van der Waals surface area (Å²) >= 11 is 0. The fourth-order valence-corrected chi connectivity index (χ4v) is 1.90. The molecule has 0 atom stereocenters. The summed E-state index contributed by atoms with van der Waals surface area (Å²) in [6.07, 6.45) is 0.997. The van der Waals surface area contributed by atoms with Crippen LogP contribution in [0.3, 0.4) is 0 Å². The van der Waals surface area contributed by atoms with Crippen LogP contribution in [0, 0.1) is 0 Å². The monoisotopic (exact) mass is 231 g/mol. The van der Waals surface area contributed by atoms with Crippen molar-refractivity contribution < 1.29 is 14.4 Å². The Balaban J connectivity index is 2.33. The Hall–Kier alpha value is -1.97. The van der Waals surface area contributed by atoms with E-state index in [1.807, 2.05) is 0 Å². The van der Waals surface area contributed by atoms with E-state index in [1.54, 1.807) is 24.3 Å². The second kappa shape index (κ2) is 4.49. The molecule has 0 aromatic heterocycles. The van der Waals surface area contributed by atoms with Crippen molar-refractivity contribution in [1.29, 1.82) is 0 Å². The minimum absolute atomic E-state index is 0.0531. The number of ketones is 2. The van der Waals surface area contributed by atoms with Crippen LogP contribution in [0.2, 0.25) is 0 Å². The van der Waals surface area contributed by atoms with Gasteiger partial charge in [-0.15, -0.1) is 0 Å². The van der Waals surface area contributed by atoms with Crippen LogP contribution in [0.1, 0.15) is 30.1 Å². The third kappa shape index (κ3) is 2.25. The van der Waals surface area contributed by atoms with Gasteiger partial charge in [-0.05, 0) is 25.5 Å². The number of nitrogens with zero attached hydrogens (tertiary/aromatic N) is 1. The Labute approximate surface area is 99.2 Å². The Morgan fingerprint density at radius 3 is 2.76 bits per heavy atom. The minimum Gasteiger partial charge on any atom is -0.306 e. The highest BCUT2D eigenvalue weighted by Crippen LogP contribution is 2.20. The van der Waals surface area contributed by atoms with Crippen molar-refractivity contribution >= 4 is 23.2 Å². The lowest BCUT2D eigenvalue weighted by Crippen LogP contribution is -2.41. The summed E-state index contributed by atoms with van der Waals surface area (Å²) in [6.45, 7) is 2.01. The number of benzene rings is 1. The molecule has 1 aliphatic heterocycles. The van der Waals surface area contributed by atoms with E-state index < -0.39 is 5.91 Å². The summed E-state index contributed by atoms with van der Waals surface area (Å²) in [5.41, 5.74) is 1.17. The van der Waals surface area contributed by atoms with E-state index in [2.05, 4.69) is 0 Å². The molecule has 1 saturated heterocycles. The van der Waals surface area contributed by atoms with Crippen LogP contribution in [0.15, 0.2) is 24.3 Å². The molecule has 0 saturated carbocycles. The van der Waals surface area contributed by atoms with Crippen molar-refractivity contribution in [2.45, 2.75) is 19.8 Å². The van der Waals surface area contributed by atoms with Crippen LogP contribution in [-0.4, -0.2) is 24.0 Å². The Kier molecular flexibility index (Phi) is 3.04. The number of anilines is 1. The molecule has 0 aliphatic carbocycles. The quantitative estimate of drug-likeness (QED) is 0.573. The maximum atomic E-state index is 11.7. The van der Waals surface area contributed by atoms with Crippen molar-refractivity contribution in [3.05, 3.63) is 29.8 Å². The Bertz CT molecular complexity index is 493. The van der Waals surface area contributed by atoms with E-state index in [-0.39, 0.29) is 11.6 Å². The van der Waals surface area contributed by atoms with Gasteiger partial charge in [-0.25, -0.2) is 0 Å². The molecule has 88 valence electrons. The highest BCUT2D eigenvalue weighted by Gasteiger charge is 2.27. The van der Waals surface area contributed by atoms with E-state index in [9.17, 15) is 14.4 Å². The predicted molar refractivity (Wildman–Crippen MR) is 63.0 cm³/mol. The molecule has 1 amide bonds. The van der Waals surface area contributed by atoms with E-state index in [4.69, 9.17) is 0 Å². The maximum absolute atomic E-state index is 11.7. The molecule has 1 aromatic carbocycles. The standard InChI is InChI=1S/C13H13NO3/c1-9(15)10-4-2-5-11(8-10)14-7-3-6-12(16)13(14)17/h2,4-5,8H,3,6-7H2,1H3. The summed E-state index contributed by atoms with van der Waals surface area (Å²) in [7, 11) is 0. The van der Waals surface area contributed by atoms with E-state index in [1.165, 1.54) is 11.8 Å². The molecule has 0 unspecified atom stereocenters. The first-order valence-corrected chi connectivity index (χ1v) is 5.55. The van der Waals surface area contributed by atoms with Crippen molar-refractivity contribution in [2.75, 3.05) is 11.4 Å². The third-order valence-corrected chi connectivity index (χ3v) is 2.83. The highest BCUT2D eigenvalue weighted by atomic mass is 16.2. The van der Waals surface area contributed by atoms with Gasteiger partial charge in [0.1, 0.15) is 0 Å². The van der Waals surface area contributed by atoms with E-state index in [0.717, 1.165) is 0 Å². The Morgan fingerprint density at radius 1 is 1.29 bits per heavy atom. The summed E-state index contributed by atoms with van der Waals surface area (Å²) in [6, 6.07) is 6.81. The van der Waals surface area contributed by atoms with Crippen LogP contribution in [0.25, 0.3) is 0 Å². The number of carbonyl (C=O) groups is 3. The van der Waals surface area contributed by atoms with E-state index >= 15 is 0 Å². The van der Waals surface area contributed by atoms with Gasteiger partial charge < -0.3 is 4.90 Å². The minimum atomic E-state index is -0.475. The third-order valence-electron chi connectivity index (χ3n) is 2.83. The first kappa shape index (κ1) is 11.5. The first-order chi connectivity index (χ1) is 8.09. The van der Waals surface area contributed by atoms with Crippen LogP contribution in [0.4, 0.5) is 5.69 Å². The average molecular weight is 231 g/mol. The zero-order valence-electron chi connectivity index (χ0n) is 9.60. The molecular weight excluding hydrogens is 218 g/mol. The maximum Gasteiger partial charge on any atom is 0.294 e. The van der Waals surface area contributed by atoms with Crippen LogP contribution < -0.4 is 4.90 Å². The lowest BCUT2D eigenvalue weighted by molar-refractivity contribution is -0.137. The molecule has 2 rings (SSSR count). The number of piperidine rings is 1. The predicted octanol–water partition coefficient (Wildman–Crippen LogP) is 1.59. The summed E-state index contributed by atoms with van der Waals surface area (Å²) < 4.78 is 0. The molecule has 0 bridgehead atoms. The van der Waals surface area contributed by atoms with Crippen molar-refractivity contribution in [2.24, 2.45) is 0 Å². The molecule has 1 heterocycles. The van der Waals surface area contributed by atoms with E-state index in [0.29, 0.717) is 30.6 Å². The molecule has 1 aliphatic rings. The zero-order chi connectivity index (χ0) is 12.4. The topological polar surface area (TPSA) is 54.5 Å². The molecule has 0 spiro atoms. The van der Waals surface area contributed by atoms with Gasteiger partial charge in [0.2, 0.25) is 5.78 Å². The van der Waals surface area contributed by atoms with Gasteiger partial charge in [-0.2, -0.15) is 0 Å². The van der Waals surface area contributed by atoms with Gasteiger partial charge in [0.15, 0.2) is 5.78 Å². The summed E-state index contributed by atoms with van der Waals surface area (Å²) in [5.74, 6) is -0.885. The van der Waals surface area contributed by atoms with Crippen molar-refractivity contribution in [1.82, 2.24) is 0 Å². The molecular formula is C13H13NO3. The van der Waals surface area contributed by atoms with Crippen LogP contribution >= 0.6 is 0 Å². The summed E-state index contributed by atoms with van der Waals surface area (Å²) in [4.78, 5) is 35.7. The lowest BCUT2D eigenvalue weighted by atomic mass is 10.1. The number of rotatable bonds is 2. The fourth-order valence-electron chi connectivity index (χ4n) is 1.90. The molecule has 17 heavy (non-hydrogen) atoms. The fraction of sp³-hybridized carbons (Fsp3) is 0.308. The van der Waals surface area contributed by atoms with Gasteiger partial charge in [-0.1, -0.05) is 12.1 Å². The van der Waals surface area contributed by atoms with Crippen molar-refractivity contribution in [3.63, 3.8) is 0 Å². The van der Waals surface area contributed by atoms with Gasteiger partial charge >= 0.3 is 0 Å². The number of carbonyl (C=O) groups excluding carboxylic acids is 3. The lowest BCUT2D eigenvalue weighted by Gasteiger charge is -2.25. The van der Waals surface area contributed by atoms with Crippen molar-refractivity contribution in [3.8, 4) is 0 Å². The number of amides is 1. The van der Waals surface area contributed by atoms with Crippen LogP contribution in [0.5, 0.6) is 0 Å². The molecule has 1 fully saturated rings. The molecule has 4 nitrogen and oxygen atoms in total. The smallest absolute Gasteiger partial charge is 0.294 e.